The molecule has 1 aromatic carbocycles. The lowest BCUT2D eigenvalue weighted by molar-refractivity contribution is 0.0261. The molecule has 2 rings (SSSR count). The fourth-order valence-electron chi connectivity index (χ4n) is 1.74. The summed E-state index contributed by atoms with van der Waals surface area (Å²) < 4.78 is 0. The normalized spacial score (nSPS) is 19.2. The summed E-state index contributed by atoms with van der Waals surface area (Å²) in [6.07, 6.45) is -0.555. The summed E-state index contributed by atoms with van der Waals surface area (Å²) >= 11 is 0. The Morgan fingerprint density at radius 1 is 1.38 bits per heavy atom. The molecular formula is C11H14N4O. The van der Waals surface area contributed by atoms with Crippen LogP contribution in [0.4, 0.5) is 5.69 Å². The smallest absolute Gasteiger partial charge is 0.191 e. The van der Waals surface area contributed by atoms with Gasteiger partial charge in [0, 0.05) is 10.5 Å². The van der Waals surface area contributed by atoms with E-state index in [0.29, 0.717) is 0 Å². The number of hydrogen-bond acceptors (Lipinski definition) is 3. The van der Waals surface area contributed by atoms with E-state index in [1.165, 1.54) is 0 Å². The van der Waals surface area contributed by atoms with Crippen molar-refractivity contribution in [1.82, 2.24) is 0 Å². The molecule has 5 heteroatoms. The number of hydrogen-bond donors (Lipinski definition) is 0. The van der Waals surface area contributed by atoms with Gasteiger partial charge in [0.25, 0.3) is 0 Å². The molecule has 0 saturated carbocycles. The predicted octanol–water partition coefficient (Wildman–Crippen LogP) is 3.55. The maximum atomic E-state index is 8.50. The molecule has 0 N–H and O–H groups in total. The zero-order valence-electron chi connectivity index (χ0n) is 9.58. The Morgan fingerprint density at radius 2 is 2.06 bits per heavy atom. The van der Waals surface area contributed by atoms with Crippen molar-refractivity contribution in [1.29, 1.82) is 0 Å². The van der Waals surface area contributed by atoms with Crippen LogP contribution in [-0.2, 0) is 4.84 Å². The molecule has 5 nitrogen and oxygen atoms in total. The first kappa shape index (κ1) is 10.8. The second-order valence-electron chi connectivity index (χ2n) is 4.69. The van der Waals surface area contributed by atoms with Crippen molar-refractivity contribution >= 4 is 5.69 Å². The van der Waals surface area contributed by atoms with Crippen LogP contribution >= 0.6 is 0 Å². The average molecular weight is 218 g/mol. The molecule has 0 saturated heterocycles. The summed E-state index contributed by atoms with van der Waals surface area (Å²) in [4.78, 5) is 8.46. The molecule has 84 valence electrons. The number of hydroxylamine groups is 1. The van der Waals surface area contributed by atoms with Gasteiger partial charge in [0.2, 0.25) is 0 Å². The molecule has 0 aromatic heterocycles. The summed E-state index contributed by atoms with van der Waals surface area (Å²) in [5.74, 6) is 0. The van der Waals surface area contributed by atoms with Gasteiger partial charge in [-0.1, -0.05) is 23.3 Å². The van der Waals surface area contributed by atoms with Crippen LogP contribution in [0.25, 0.3) is 10.4 Å². The standard InChI is InChI=1S/C11H14N4O/c1-11(2,3)15-9-7-5-4-6-8(9)10(16-15)13-14-12/h4-7,10H,1-3H3. The van der Waals surface area contributed by atoms with Gasteiger partial charge < -0.3 is 0 Å². The highest BCUT2D eigenvalue weighted by Crippen LogP contribution is 2.41. The third-order valence-corrected chi connectivity index (χ3v) is 2.39. The molecule has 0 radical (unpaired) electrons. The maximum Gasteiger partial charge on any atom is 0.191 e. The Bertz CT molecular complexity index is 446. The Labute approximate surface area is 94.2 Å². The molecule has 1 heterocycles. The minimum absolute atomic E-state index is 0.171. The molecule has 0 aliphatic carbocycles. The molecule has 16 heavy (non-hydrogen) atoms. The average Bonchev–Trinajstić information content (AvgIpc) is 2.58. The number of azide groups is 1. The van der Waals surface area contributed by atoms with Crippen molar-refractivity contribution in [2.24, 2.45) is 5.11 Å². The van der Waals surface area contributed by atoms with Gasteiger partial charge in [-0.2, -0.15) is 0 Å². The Hall–Kier alpha value is -1.71. The molecular weight excluding hydrogens is 204 g/mol. The van der Waals surface area contributed by atoms with Crippen LogP contribution in [0.1, 0.15) is 32.6 Å². The van der Waals surface area contributed by atoms with Crippen LogP contribution < -0.4 is 5.06 Å². The van der Waals surface area contributed by atoms with Crippen molar-refractivity contribution in [3.63, 3.8) is 0 Å². The molecule has 1 atom stereocenters. The summed E-state index contributed by atoms with van der Waals surface area (Å²) in [5.41, 5.74) is 10.2. The highest BCUT2D eigenvalue weighted by Gasteiger charge is 2.35. The third kappa shape index (κ3) is 1.71. The van der Waals surface area contributed by atoms with E-state index in [1.54, 1.807) is 5.06 Å². The van der Waals surface area contributed by atoms with Crippen LogP contribution in [0.15, 0.2) is 29.4 Å². The van der Waals surface area contributed by atoms with Gasteiger partial charge in [-0.15, -0.1) is 0 Å². The van der Waals surface area contributed by atoms with Crippen molar-refractivity contribution in [3.05, 3.63) is 40.3 Å². The lowest BCUT2D eigenvalue weighted by Crippen LogP contribution is -2.39. The lowest BCUT2D eigenvalue weighted by atomic mass is 10.1. The monoisotopic (exact) mass is 218 g/mol. The van der Waals surface area contributed by atoms with Crippen LogP contribution in [-0.4, -0.2) is 5.54 Å². The third-order valence-electron chi connectivity index (χ3n) is 2.39. The topological polar surface area (TPSA) is 61.2 Å². The Balaban J connectivity index is 2.47. The summed E-state index contributed by atoms with van der Waals surface area (Å²) in [5, 5.41) is 5.44. The van der Waals surface area contributed by atoms with E-state index in [2.05, 4.69) is 10.0 Å². The Kier molecular flexibility index (Phi) is 2.50. The van der Waals surface area contributed by atoms with Crippen molar-refractivity contribution < 1.29 is 4.84 Å². The maximum absolute atomic E-state index is 8.50. The quantitative estimate of drug-likeness (QED) is 0.411. The summed E-state index contributed by atoms with van der Waals surface area (Å²) in [7, 11) is 0. The molecule has 0 amide bonds. The fourth-order valence-corrected chi connectivity index (χ4v) is 1.74. The molecule has 1 unspecified atom stereocenters. The first-order valence-electron chi connectivity index (χ1n) is 5.14. The highest BCUT2D eigenvalue weighted by molar-refractivity contribution is 5.57. The van der Waals surface area contributed by atoms with Gasteiger partial charge in [0.1, 0.15) is 0 Å². The minimum atomic E-state index is -0.555. The SMILES string of the molecule is CC(C)(C)N1OC(N=[N+]=[N-])c2ccccc21. The van der Waals surface area contributed by atoms with Gasteiger partial charge in [0.05, 0.1) is 11.2 Å². The second kappa shape index (κ2) is 3.70. The van der Waals surface area contributed by atoms with Crippen molar-refractivity contribution in [3.8, 4) is 0 Å². The highest BCUT2D eigenvalue weighted by atomic mass is 16.7. The van der Waals surface area contributed by atoms with Crippen LogP contribution in [0.3, 0.4) is 0 Å². The van der Waals surface area contributed by atoms with E-state index in [0.717, 1.165) is 11.3 Å². The second-order valence-corrected chi connectivity index (χ2v) is 4.69. The van der Waals surface area contributed by atoms with E-state index in [-0.39, 0.29) is 5.54 Å². The number of rotatable bonds is 1. The molecule has 1 aliphatic heterocycles. The van der Waals surface area contributed by atoms with Gasteiger partial charge in [0.15, 0.2) is 6.23 Å². The molecule has 0 bridgehead atoms. The molecule has 1 aliphatic rings. The molecule has 0 fully saturated rings. The van der Waals surface area contributed by atoms with Crippen LogP contribution in [0, 0.1) is 0 Å². The van der Waals surface area contributed by atoms with Crippen molar-refractivity contribution in [2.45, 2.75) is 32.5 Å². The number of para-hydroxylation sites is 1. The van der Waals surface area contributed by atoms with E-state index in [9.17, 15) is 0 Å². The number of nitrogens with zero attached hydrogens (tertiary/aromatic N) is 4. The number of anilines is 1. The van der Waals surface area contributed by atoms with Crippen LogP contribution in [0.2, 0.25) is 0 Å². The van der Waals surface area contributed by atoms with E-state index >= 15 is 0 Å². The van der Waals surface area contributed by atoms with Gasteiger partial charge in [-0.25, -0.2) is 5.06 Å². The van der Waals surface area contributed by atoms with Gasteiger partial charge in [-0.3, -0.25) is 4.84 Å². The number of benzene rings is 1. The van der Waals surface area contributed by atoms with E-state index in [1.807, 2.05) is 45.0 Å². The van der Waals surface area contributed by atoms with Gasteiger partial charge in [-0.05, 0) is 32.4 Å². The fraction of sp³-hybridized carbons (Fsp3) is 0.455. The van der Waals surface area contributed by atoms with Crippen LogP contribution in [0.5, 0.6) is 0 Å². The summed E-state index contributed by atoms with van der Waals surface area (Å²) in [6.45, 7) is 6.13. The first-order chi connectivity index (χ1) is 7.54. The lowest BCUT2D eigenvalue weighted by Gasteiger charge is -2.32. The van der Waals surface area contributed by atoms with Crippen molar-refractivity contribution in [2.75, 3.05) is 5.06 Å². The van der Waals surface area contributed by atoms with E-state index in [4.69, 9.17) is 10.4 Å². The molecule has 0 spiro atoms. The largest absolute Gasteiger partial charge is 0.259 e. The zero-order valence-corrected chi connectivity index (χ0v) is 9.58. The Morgan fingerprint density at radius 3 is 2.69 bits per heavy atom. The summed E-state index contributed by atoms with van der Waals surface area (Å²) in [6, 6.07) is 7.74. The first-order valence-corrected chi connectivity index (χ1v) is 5.14. The minimum Gasteiger partial charge on any atom is -0.259 e. The number of fused-ring (bicyclic) bond motifs is 1. The predicted molar refractivity (Wildman–Crippen MR) is 61.6 cm³/mol. The zero-order chi connectivity index (χ0) is 11.8. The molecule has 1 aromatic rings. The van der Waals surface area contributed by atoms with Gasteiger partial charge >= 0.3 is 0 Å². The van der Waals surface area contributed by atoms with E-state index < -0.39 is 6.23 Å².